The zero-order chi connectivity index (χ0) is 20.1. The summed E-state index contributed by atoms with van der Waals surface area (Å²) >= 11 is 0. The fraction of sp³-hybridized carbons (Fsp3) is 0.667. The van der Waals surface area contributed by atoms with Gasteiger partial charge in [-0.1, -0.05) is 26.7 Å². The Morgan fingerprint density at radius 2 is 1.70 bits per heavy atom. The van der Waals surface area contributed by atoms with Gasteiger partial charge in [0.25, 0.3) is 0 Å². The Labute approximate surface area is 163 Å². The Kier molecular flexibility index (Phi) is 7.53. The molecule has 0 amide bonds. The second-order valence-corrected chi connectivity index (χ2v) is 11.1. The van der Waals surface area contributed by atoms with Crippen LogP contribution in [0.1, 0.15) is 46.0 Å². The minimum Gasteiger partial charge on any atom is -0.495 e. The molecule has 1 N–H and O–H groups in total. The molecule has 9 heteroatoms. The van der Waals surface area contributed by atoms with Gasteiger partial charge in [-0.05, 0) is 43.4 Å². The van der Waals surface area contributed by atoms with Crippen LogP contribution in [0.2, 0.25) is 0 Å². The molecule has 0 saturated carbocycles. The van der Waals surface area contributed by atoms with Gasteiger partial charge >= 0.3 is 0 Å². The first-order valence-electron chi connectivity index (χ1n) is 9.34. The maximum atomic E-state index is 13.0. The van der Waals surface area contributed by atoms with Gasteiger partial charge in [0, 0.05) is 13.1 Å². The summed E-state index contributed by atoms with van der Waals surface area (Å²) in [6.45, 7) is 4.88. The second-order valence-electron chi connectivity index (χ2n) is 7.28. The lowest BCUT2D eigenvalue weighted by Gasteiger charge is -2.21. The van der Waals surface area contributed by atoms with Crippen molar-refractivity contribution in [2.45, 2.75) is 50.8 Å². The third-order valence-electron chi connectivity index (χ3n) is 4.60. The summed E-state index contributed by atoms with van der Waals surface area (Å²) in [5.41, 5.74) is 0.150. The van der Waals surface area contributed by atoms with Gasteiger partial charge < -0.3 is 4.74 Å². The van der Waals surface area contributed by atoms with Crippen LogP contribution in [0.5, 0.6) is 5.75 Å². The molecule has 7 nitrogen and oxygen atoms in total. The van der Waals surface area contributed by atoms with Crippen molar-refractivity contribution in [1.82, 2.24) is 4.31 Å². The third kappa shape index (κ3) is 6.08. The van der Waals surface area contributed by atoms with Crippen molar-refractivity contribution in [3.8, 4) is 5.75 Å². The van der Waals surface area contributed by atoms with E-state index >= 15 is 0 Å². The highest BCUT2D eigenvalue weighted by molar-refractivity contribution is 7.92. The molecular weight excluding hydrogens is 388 g/mol. The number of ether oxygens (including phenoxy) is 1. The molecule has 1 aromatic rings. The summed E-state index contributed by atoms with van der Waals surface area (Å²) < 4.78 is 59.9. The molecule has 1 saturated heterocycles. The Hall–Kier alpha value is -1.32. The van der Waals surface area contributed by atoms with Crippen molar-refractivity contribution in [3.63, 3.8) is 0 Å². The van der Waals surface area contributed by atoms with Crippen LogP contribution in [0.3, 0.4) is 0 Å². The van der Waals surface area contributed by atoms with E-state index in [1.807, 2.05) is 13.8 Å². The zero-order valence-electron chi connectivity index (χ0n) is 16.3. The predicted molar refractivity (Wildman–Crippen MR) is 107 cm³/mol. The van der Waals surface area contributed by atoms with E-state index in [0.29, 0.717) is 19.5 Å². The van der Waals surface area contributed by atoms with E-state index in [1.54, 1.807) is 0 Å². The number of nitrogens with one attached hydrogen (secondary N) is 1. The highest BCUT2D eigenvalue weighted by Crippen LogP contribution is 2.30. The van der Waals surface area contributed by atoms with E-state index in [9.17, 15) is 16.8 Å². The number of nitrogens with zero attached hydrogens (tertiary/aromatic N) is 1. The number of hydrogen-bond donors (Lipinski definition) is 1. The van der Waals surface area contributed by atoms with E-state index in [-0.39, 0.29) is 28.0 Å². The zero-order valence-corrected chi connectivity index (χ0v) is 17.9. The summed E-state index contributed by atoms with van der Waals surface area (Å²) in [6, 6.07) is 4.31. The molecular formula is C18H30N2O5S2. The molecule has 0 radical (unpaired) electrons. The smallest absolute Gasteiger partial charge is 0.243 e. The lowest BCUT2D eigenvalue weighted by Crippen LogP contribution is -2.32. The first-order chi connectivity index (χ1) is 12.7. The molecule has 0 aromatic heterocycles. The largest absolute Gasteiger partial charge is 0.495 e. The lowest BCUT2D eigenvalue weighted by molar-refractivity contribution is 0.415. The van der Waals surface area contributed by atoms with Crippen LogP contribution in [0, 0.1) is 5.92 Å². The molecule has 154 valence electrons. The minimum absolute atomic E-state index is 0.0308. The van der Waals surface area contributed by atoms with Crippen molar-refractivity contribution in [1.29, 1.82) is 0 Å². The monoisotopic (exact) mass is 418 g/mol. The highest BCUT2D eigenvalue weighted by Gasteiger charge is 2.26. The first-order valence-corrected chi connectivity index (χ1v) is 12.4. The summed E-state index contributed by atoms with van der Waals surface area (Å²) in [5.74, 6) is 0.507. The molecule has 0 bridgehead atoms. The lowest BCUT2D eigenvalue weighted by atomic mass is 10.2. The van der Waals surface area contributed by atoms with Crippen molar-refractivity contribution in [3.05, 3.63) is 18.2 Å². The van der Waals surface area contributed by atoms with E-state index in [0.717, 1.165) is 25.7 Å². The van der Waals surface area contributed by atoms with Gasteiger partial charge in [-0.2, -0.15) is 4.31 Å². The highest BCUT2D eigenvalue weighted by atomic mass is 32.2. The quantitative estimate of drug-likeness (QED) is 0.700. The summed E-state index contributed by atoms with van der Waals surface area (Å²) in [4.78, 5) is 0.0757. The van der Waals surface area contributed by atoms with Gasteiger partial charge in [0.15, 0.2) is 0 Å². The standard InChI is InChI=1S/C18H30N2O5S2/c1-15(2)10-13-26(21,22)19-17-14-16(8-9-18(17)25-3)27(23,24)20-11-6-4-5-7-12-20/h8-9,14-15,19H,4-7,10-13H2,1-3H3. The molecule has 0 atom stereocenters. The van der Waals surface area contributed by atoms with Crippen LogP contribution < -0.4 is 9.46 Å². The number of benzene rings is 1. The van der Waals surface area contributed by atoms with Crippen molar-refractivity contribution in [2.75, 3.05) is 30.7 Å². The maximum absolute atomic E-state index is 13.0. The van der Waals surface area contributed by atoms with Crippen LogP contribution in [-0.2, 0) is 20.0 Å². The van der Waals surface area contributed by atoms with E-state index in [1.165, 1.54) is 29.6 Å². The minimum atomic E-state index is -3.67. The van der Waals surface area contributed by atoms with E-state index in [2.05, 4.69) is 4.72 Å². The van der Waals surface area contributed by atoms with Crippen molar-refractivity contribution < 1.29 is 21.6 Å². The van der Waals surface area contributed by atoms with Gasteiger partial charge in [-0.3, -0.25) is 4.72 Å². The van der Waals surface area contributed by atoms with Crippen molar-refractivity contribution >= 4 is 25.7 Å². The van der Waals surface area contributed by atoms with Gasteiger partial charge in [0.2, 0.25) is 20.0 Å². The fourth-order valence-corrected chi connectivity index (χ4v) is 5.89. The third-order valence-corrected chi connectivity index (χ3v) is 7.80. The van der Waals surface area contributed by atoms with Crippen molar-refractivity contribution in [2.24, 2.45) is 5.92 Å². The van der Waals surface area contributed by atoms with Gasteiger partial charge in [-0.15, -0.1) is 0 Å². The number of sulfonamides is 2. The Morgan fingerprint density at radius 1 is 1.07 bits per heavy atom. The molecule has 1 aliphatic rings. The van der Waals surface area contributed by atoms with Crippen LogP contribution in [0.25, 0.3) is 0 Å². The van der Waals surface area contributed by atoms with E-state index < -0.39 is 20.0 Å². The maximum Gasteiger partial charge on any atom is 0.243 e. The number of rotatable bonds is 8. The summed E-state index contributed by atoms with van der Waals surface area (Å²) in [7, 11) is -5.84. The molecule has 0 aliphatic carbocycles. The molecule has 1 aromatic carbocycles. The van der Waals surface area contributed by atoms with Crippen LogP contribution in [-0.4, -0.2) is 47.1 Å². The van der Waals surface area contributed by atoms with Crippen LogP contribution in [0.4, 0.5) is 5.69 Å². The number of methoxy groups -OCH3 is 1. The normalized spacial score (nSPS) is 16.9. The average Bonchev–Trinajstić information content (AvgIpc) is 2.89. The van der Waals surface area contributed by atoms with Gasteiger partial charge in [0.1, 0.15) is 5.75 Å². The fourth-order valence-electron chi connectivity index (χ4n) is 2.97. The Morgan fingerprint density at radius 3 is 2.26 bits per heavy atom. The second kappa shape index (κ2) is 9.25. The average molecular weight is 419 g/mol. The van der Waals surface area contributed by atoms with Crippen LogP contribution in [0.15, 0.2) is 23.1 Å². The summed E-state index contributed by atoms with van der Waals surface area (Å²) in [5, 5.41) is 0. The van der Waals surface area contributed by atoms with Gasteiger partial charge in [-0.25, -0.2) is 16.8 Å². The Bertz CT molecular complexity index is 827. The first kappa shape index (κ1) is 22.0. The van der Waals surface area contributed by atoms with Crippen LogP contribution >= 0.6 is 0 Å². The number of hydrogen-bond acceptors (Lipinski definition) is 5. The molecule has 1 aliphatic heterocycles. The SMILES string of the molecule is COc1ccc(S(=O)(=O)N2CCCCCC2)cc1NS(=O)(=O)CCC(C)C. The molecule has 2 rings (SSSR count). The predicted octanol–water partition coefficient (Wildman–Crippen LogP) is 3.05. The Balaban J connectivity index is 2.31. The number of anilines is 1. The molecule has 1 fully saturated rings. The molecule has 27 heavy (non-hydrogen) atoms. The topological polar surface area (TPSA) is 92.8 Å². The molecule has 1 heterocycles. The molecule has 0 unspecified atom stereocenters. The van der Waals surface area contributed by atoms with Gasteiger partial charge in [0.05, 0.1) is 23.4 Å². The molecule has 0 spiro atoms. The van der Waals surface area contributed by atoms with E-state index in [4.69, 9.17) is 4.74 Å². The summed E-state index contributed by atoms with van der Waals surface area (Å²) in [6.07, 6.45) is 4.24.